The monoisotopic (exact) mass is 736 g/mol. The number of benzene rings is 2. The summed E-state index contributed by atoms with van der Waals surface area (Å²) in [5.74, 6) is -0.767. The molecule has 1 saturated carbocycles. The Bertz CT molecular complexity index is 2330. The van der Waals surface area contributed by atoms with Gasteiger partial charge in [-0.1, -0.05) is 24.6 Å². The molecule has 13 nitrogen and oxygen atoms in total. The first kappa shape index (κ1) is 33.9. The van der Waals surface area contributed by atoms with E-state index in [0.717, 1.165) is 36.7 Å². The fraction of sp³-hybridized carbons (Fsp3) is 0.371. The van der Waals surface area contributed by atoms with Gasteiger partial charge in [0.1, 0.15) is 17.7 Å². The first-order valence-electron chi connectivity index (χ1n) is 16.9. The van der Waals surface area contributed by atoms with Crippen molar-refractivity contribution in [2.45, 2.75) is 57.4 Å². The number of para-hydroxylation sites is 1. The molecule has 3 aliphatic rings. The predicted octanol–water partition coefficient (Wildman–Crippen LogP) is 5.36. The molecule has 2 fully saturated rings. The number of oxazole rings is 1. The van der Waals surface area contributed by atoms with Crippen molar-refractivity contribution in [3.63, 3.8) is 0 Å². The largest absolute Gasteiger partial charge is 0.443 e. The molecule has 0 unspecified atom stereocenters. The summed E-state index contributed by atoms with van der Waals surface area (Å²) in [6, 6.07) is 7.60. The number of nitrogens with zero attached hydrogens (tertiary/aromatic N) is 7. The zero-order valence-electron chi connectivity index (χ0n) is 27.8. The summed E-state index contributed by atoms with van der Waals surface area (Å²) in [7, 11) is 0. The van der Waals surface area contributed by atoms with Gasteiger partial charge in [0.15, 0.2) is 23.1 Å². The van der Waals surface area contributed by atoms with Crippen LogP contribution >= 0.6 is 11.6 Å². The lowest BCUT2D eigenvalue weighted by atomic mass is 9.81. The molecule has 8 rings (SSSR count). The topological polar surface area (TPSA) is 141 Å². The van der Waals surface area contributed by atoms with E-state index in [9.17, 15) is 27.6 Å². The highest BCUT2D eigenvalue weighted by atomic mass is 35.5. The number of fused-ring (bicyclic) bond motifs is 3. The van der Waals surface area contributed by atoms with E-state index in [2.05, 4.69) is 20.5 Å². The van der Waals surface area contributed by atoms with Crippen LogP contribution in [0.2, 0.25) is 5.02 Å². The zero-order chi connectivity index (χ0) is 36.3. The third-order valence-corrected chi connectivity index (χ3v) is 10.3. The van der Waals surface area contributed by atoms with Crippen molar-refractivity contribution >= 4 is 62.8 Å². The van der Waals surface area contributed by atoms with Gasteiger partial charge in [-0.25, -0.2) is 4.98 Å². The summed E-state index contributed by atoms with van der Waals surface area (Å²) in [6.45, 7) is 3.02. The Kier molecular flexibility index (Phi) is 8.53. The third kappa shape index (κ3) is 5.79. The lowest BCUT2D eigenvalue weighted by Crippen LogP contribution is -2.67. The number of carbonyl (C=O) groups is 2. The van der Waals surface area contributed by atoms with Gasteiger partial charge < -0.3 is 28.8 Å². The molecular formula is C35H32ClF3N8O5. The van der Waals surface area contributed by atoms with Crippen molar-refractivity contribution in [3.05, 3.63) is 80.9 Å². The number of nitrogens with one attached hydrogen (secondary N) is 1. The number of hydrogen-bond acceptors (Lipinski definition) is 9. The van der Waals surface area contributed by atoms with Crippen LogP contribution in [0.15, 0.2) is 58.1 Å². The maximum Gasteiger partial charge on any atom is 0.416 e. The Balaban J connectivity index is 1.16. The van der Waals surface area contributed by atoms with Crippen molar-refractivity contribution in [1.82, 2.24) is 29.4 Å². The molecule has 1 N–H and O–H groups in total. The molecule has 2 aliphatic heterocycles. The van der Waals surface area contributed by atoms with Gasteiger partial charge in [0.25, 0.3) is 5.91 Å². The van der Waals surface area contributed by atoms with E-state index in [0.29, 0.717) is 67.2 Å². The number of halogens is 4. The molecule has 1 aliphatic carbocycles. The van der Waals surface area contributed by atoms with E-state index in [1.807, 2.05) is 22.8 Å². The maximum atomic E-state index is 14.5. The zero-order valence-corrected chi connectivity index (χ0v) is 28.6. The van der Waals surface area contributed by atoms with Crippen LogP contribution in [-0.4, -0.2) is 79.6 Å². The summed E-state index contributed by atoms with van der Waals surface area (Å²) in [6.07, 6.45) is 0.848. The number of anilines is 2. The summed E-state index contributed by atoms with van der Waals surface area (Å²) in [5, 5.41) is 11.6. The molecule has 2 amide bonds. The van der Waals surface area contributed by atoms with E-state index in [1.165, 1.54) is 11.2 Å². The molecule has 2 aromatic carbocycles. The van der Waals surface area contributed by atoms with E-state index in [1.54, 1.807) is 22.8 Å². The minimum Gasteiger partial charge on any atom is -0.443 e. The van der Waals surface area contributed by atoms with Crippen LogP contribution in [0, 0.1) is 0 Å². The average molecular weight is 737 g/mol. The van der Waals surface area contributed by atoms with Crippen LogP contribution in [0.3, 0.4) is 0 Å². The number of piperazine rings is 1. The van der Waals surface area contributed by atoms with Crippen molar-refractivity contribution in [3.8, 4) is 0 Å². The lowest BCUT2D eigenvalue weighted by molar-refractivity contribution is -0.137. The van der Waals surface area contributed by atoms with Crippen molar-refractivity contribution in [2.75, 3.05) is 36.5 Å². The van der Waals surface area contributed by atoms with Crippen molar-refractivity contribution < 1.29 is 31.9 Å². The second kappa shape index (κ2) is 13.1. The van der Waals surface area contributed by atoms with Gasteiger partial charge in [0, 0.05) is 31.2 Å². The number of alkyl halides is 3. The molecule has 5 aromatic rings. The van der Waals surface area contributed by atoms with Crippen LogP contribution in [0.5, 0.6) is 0 Å². The van der Waals surface area contributed by atoms with E-state index in [-0.39, 0.29) is 51.8 Å². The molecule has 52 heavy (non-hydrogen) atoms. The van der Waals surface area contributed by atoms with E-state index in [4.69, 9.17) is 20.8 Å². The minimum atomic E-state index is -4.60. The average Bonchev–Trinajstić information content (AvgIpc) is 3.79. The molecular weight excluding hydrogens is 705 g/mol. The Morgan fingerprint density at radius 1 is 1.10 bits per heavy atom. The Morgan fingerprint density at radius 2 is 1.92 bits per heavy atom. The van der Waals surface area contributed by atoms with Crippen LogP contribution in [0.25, 0.3) is 28.0 Å². The Labute approximate surface area is 298 Å². The molecule has 0 radical (unpaired) electrons. The van der Waals surface area contributed by atoms with Gasteiger partial charge in [-0.3, -0.25) is 14.4 Å². The van der Waals surface area contributed by atoms with Crippen LogP contribution < -0.4 is 15.6 Å². The molecule has 270 valence electrons. The van der Waals surface area contributed by atoms with E-state index < -0.39 is 17.6 Å². The first-order valence-corrected chi connectivity index (χ1v) is 17.3. The SMILES string of the molecule is CCc1c(N2CCN(C(=O)c3cccc4ncoc34)[C@H]3CC[C@@H]32)c(=O)c2nn(C3=CCOCC3)nc2n1CC(=O)Nc1ccc(C(F)(F)F)cc1Cl. The number of ether oxygens (including phenoxy) is 1. The summed E-state index contributed by atoms with van der Waals surface area (Å²) in [5.41, 5.74) is 2.05. The number of hydrogen-bond donors (Lipinski definition) is 1. The first-order chi connectivity index (χ1) is 25.0. The van der Waals surface area contributed by atoms with Crippen molar-refractivity contribution in [2.24, 2.45) is 0 Å². The third-order valence-electron chi connectivity index (χ3n) is 10.0. The predicted molar refractivity (Wildman–Crippen MR) is 185 cm³/mol. The highest BCUT2D eigenvalue weighted by Crippen LogP contribution is 2.39. The molecule has 3 aromatic heterocycles. The second-order valence-corrected chi connectivity index (χ2v) is 13.3. The van der Waals surface area contributed by atoms with Gasteiger partial charge in [-0.2, -0.15) is 18.0 Å². The fourth-order valence-electron chi connectivity index (χ4n) is 7.38. The Hall–Kier alpha value is -5.22. The molecule has 2 atom stereocenters. The smallest absolute Gasteiger partial charge is 0.416 e. The molecule has 0 bridgehead atoms. The lowest BCUT2D eigenvalue weighted by Gasteiger charge is -2.54. The Morgan fingerprint density at radius 3 is 2.63 bits per heavy atom. The van der Waals surface area contributed by atoms with Gasteiger partial charge >= 0.3 is 6.18 Å². The van der Waals surface area contributed by atoms with Gasteiger partial charge in [0.2, 0.25) is 11.3 Å². The summed E-state index contributed by atoms with van der Waals surface area (Å²) in [4.78, 5) is 51.4. The molecule has 5 heterocycles. The highest BCUT2D eigenvalue weighted by Gasteiger charge is 2.47. The second-order valence-electron chi connectivity index (χ2n) is 12.9. The normalized spacial score (nSPS) is 19.1. The number of carbonyl (C=O) groups excluding carboxylic acids is 2. The minimum absolute atomic E-state index is 0.00497. The number of aromatic nitrogens is 5. The van der Waals surface area contributed by atoms with Gasteiger partial charge in [0.05, 0.1) is 46.8 Å². The van der Waals surface area contributed by atoms with Crippen LogP contribution in [0.4, 0.5) is 24.5 Å². The number of rotatable bonds is 7. The number of amides is 2. The number of pyridine rings is 1. The van der Waals surface area contributed by atoms with Gasteiger partial charge in [-0.15, -0.1) is 10.2 Å². The van der Waals surface area contributed by atoms with Crippen molar-refractivity contribution in [1.29, 1.82) is 0 Å². The quantitative estimate of drug-likeness (QED) is 0.234. The van der Waals surface area contributed by atoms with Gasteiger partial charge in [-0.05, 0) is 55.7 Å². The molecule has 1 saturated heterocycles. The van der Waals surface area contributed by atoms with Crippen LogP contribution in [0.1, 0.15) is 47.8 Å². The van der Waals surface area contributed by atoms with E-state index >= 15 is 0 Å². The maximum absolute atomic E-state index is 14.5. The van der Waals surface area contributed by atoms with Crippen LogP contribution in [-0.2, 0) is 28.7 Å². The summed E-state index contributed by atoms with van der Waals surface area (Å²) < 4.78 is 52.4. The molecule has 17 heteroatoms. The highest BCUT2D eigenvalue weighted by molar-refractivity contribution is 6.33. The fourth-order valence-corrected chi connectivity index (χ4v) is 7.61. The standard InChI is InChI=1S/C35H32ClF3N8O5/c1-2-25-30(44-12-13-45(27-9-8-26(27)44)34(50)21-4-3-5-24-32(21)52-18-40-24)31(49)29-33(43-47(42-29)20-10-14-51-15-11-20)46(25)17-28(48)41-23-7-6-19(16-22(23)36)35(37,38)39/h3-7,10,16,18,26-27H,2,8-9,11-15,17H2,1H3,(H,41,48)/t26-,27-/m0/s1. The molecule has 0 spiro atoms. The summed E-state index contributed by atoms with van der Waals surface area (Å²) >= 11 is 6.16.